The molecule has 2 aromatic rings. The van der Waals surface area contributed by atoms with Gasteiger partial charge in [-0.25, -0.2) is 4.98 Å². The fraction of sp³-hybridized carbons (Fsp3) is 0.421. The van der Waals surface area contributed by atoms with Gasteiger partial charge in [0.25, 0.3) is 5.91 Å². The van der Waals surface area contributed by atoms with Crippen LogP contribution in [0.1, 0.15) is 16.1 Å². The van der Waals surface area contributed by atoms with Crippen LogP contribution in [-0.2, 0) is 4.74 Å². The maximum atomic E-state index is 12.8. The van der Waals surface area contributed by atoms with Crippen LogP contribution < -0.4 is 15.1 Å². The number of hydrogen-bond acceptors (Lipinski definition) is 7. The minimum Gasteiger partial charge on any atom is -0.395 e. The molecule has 1 aliphatic rings. The van der Waals surface area contributed by atoms with E-state index in [0.29, 0.717) is 44.6 Å². The van der Waals surface area contributed by atoms with E-state index in [0.717, 1.165) is 11.3 Å². The van der Waals surface area contributed by atoms with Gasteiger partial charge in [0.05, 0.1) is 19.8 Å². The largest absolute Gasteiger partial charge is 0.395 e. The molecule has 1 aliphatic heterocycles. The average Bonchev–Trinajstić information content (AvgIpc) is 2.68. The molecule has 0 spiro atoms. The predicted molar refractivity (Wildman–Crippen MR) is 105 cm³/mol. The smallest absolute Gasteiger partial charge is 0.274 e. The number of amides is 1. The highest BCUT2D eigenvalue weighted by Gasteiger charge is 2.19. The van der Waals surface area contributed by atoms with Crippen LogP contribution in [0.15, 0.2) is 30.3 Å². The summed E-state index contributed by atoms with van der Waals surface area (Å²) in [5.74, 6) is 0.793. The molecule has 1 aromatic heterocycles. The number of aryl methyl sites for hydroxylation is 1. The number of nitrogens with one attached hydrogen (secondary N) is 1. The van der Waals surface area contributed by atoms with Crippen molar-refractivity contribution in [3.05, 3.63) is 41.6 Å². The summed E-state index contributed by atoms with van der Waals surface area (Å²) in [5, 5.41) is 12.1. The molecule has 0 radical (unpaired) electrons. The number of aliphatic hydroxyl groups is 1. The quantitative estimate of drug-likeness (QED) is 0.791. The van der Waals surface area contributed by atoms with E-state index in [-0.39, 0.29) is 18.2 Å². The number of morpholine rings is 1. The molecular formula is C19H25N5O3. The molecule has 0 saturated carbocycles. The lowest BCUT2D eigenvalue weighted by Gasteiger charge is -2.28. The van der Waals surface area contributed by atoms with Gasteiger partial charge in [-0.1, -0.05) is 12.1 Å². The Labute approximate surface area is 158 Å². The summed E-state index contributed by atoms with van der Waals surface area (Å²) in [7, 11) is 1.82. The van der Waals surface area contributed by atoms with Gasteiger partial charge in [-0.15, -0.1) is 0 Å². The van der Waals surface area contributed by atoms with E-state index < -0.39 is 0 Å². The number of hydrogen-bond donors (Lipinski definition) is 2. The maximum absolute atomic E-state index is 12.8. The third-order valence-corrected chi connectivity index (χ3v) is 4.33. The second-order valence-electron chi connectivity index (χ2n) is 6.48. The van der Waals surface area contributed by atoms with Gasteiger partial charge in [-0.2, -0.15) is 4.98 Å². The number of anilines is 3. The lowest BCUT2D eigenvalue weighted by atomic mass is 10.2. The third kappa shape index (κ3) is 4.93. The standard InChI is InChI=1S/C19H25N5O3/c1-14-4-3-5-15(12-14)20-18(26)16-13-17(23(2)6-9-25)22-19(21-16)24-7-10-27-11-8-24/h3-5,12-13,25H,6-11H2,1-2H3,(H,20,26). The summed E-state index contributed by atoms with van der Waals surface area (Å²) >= 11 is 0. The Kier molecular flexibility index (Phi) is 6.20. The van der Waals surface area contributed by atoms with Crippen molar-refractivity contribution in [1.29, 1.82) is 0 Å². The van der Waals surface area contributed by atoms with E-state index in [1.807, 2.05) is 43.1 Å². The van der Waals surface area contributed by atoms with Crippen LogP contribution >= 0.6 is 0 Å². The highest BCUT2D eigenvalue weighted by Crippen LogP contribution is 2.19. The molecule has 0 aliphatic carbocycles. The molecule has 27 heavy (non-hydrogen) atoms. The van der Waals surface area contributed by atoms with Crippen molar-refractivity contribution >= 4 is 23.4 Å². The molecule has 0 bridgehead atoms. The SMILES string of the molecule is Cc1cccc(NC(=O)c2cc(N(C)CCO)nc(N3CCOCC3)n2)c1. The first-order valence-corrected chi connectivity index (χ1v) is 8.98. The van der Waals surface area contributed by atoms with Crippen LogP contribution in [0, 0.1) is 6.92 Å². The van der Waals surface area contributed by atoms with Gasteiger partial charge in [0.2, 0.25) is 5.95 Å². The molecule has 1 fully saturated rings. The Morgan fingerprint density at radius 2 is 2.07 bits per heavy atom. The molecule has 1 saturated heterocycles. The highest BCUT2D eigenvalue weighted by molar-refractivity contribution is 6.03. The zero-order valence-corrected chi connectivity index (χ0v) is 15.7. The van der Waals surface area contributed by atoms with E-state index in [1.54, 1.807) is 11.0 Å². The highest BCUT2D eigenvalue weighted by atomic mass is 16.5. The van der Waals surface area contributed by atoms with Crippen LogP contribution in [0.25, 0.3) is 0 Å². The third-order valence-electron chi connectivity index (χ3n) is 4.33. The normalized spacial score (nSPS) is 14.1. The van der Waals surface area contributed by atoms with Crippen molar-refractivity contribution in [2.75, 3.05) is 61.6 Å². The number of carbonyl (C=O) groups excluding carboxylic acids is 1. The Morgan fingerprint density at radius 1 is 1.30 bits per heavy atom. The summed E-state index contributed by atoms with van der Waals surface area (Å²) < 4.78 is 5.39. The van der Waals surface area contributed by atoms with Gasteiger partial charge in [0, 0.05) is 38.4 Å². The van der Waals surface area contributed by atoms with Gasteiger partial charge >= 0.3 is 0 Å². The van der Waals surface area contributed by atoms with Gasteiger partial charge in [0.15, 0.2) is 0 Å². The van der Waals surface area contributed by atoms with Crippen molar-refractivity contribution < 1.29 is 14.6 Å². The lowest BCUT2D eigenvalue weighted by Crippen LogP contribution is -2.38. The zero-order chi connectivity index (χ0) is 19.2. The molecule has 1 aromatic carbocycles. The summed E-state index contributed by atoms with van der Waals surface area (Å²) in [6.45, 7) is 4.93. The fourth-order valence-electron chi connectivity index (χ4n) is 2.82. The number of likely N-dealkylation sites (N-methyl/N-ethyl adjacent to an activating group) is 1. The first-order chi connectivity index (χ1) is 13.1. The first-order valence-electron chi connectivity index (χ1n) is 8.98. The number of aliphatic hydroxyl groups excluding tert-OH is 1. The van der Waals surface area contributed by atoms with Crippen LogP contribution in [0.2, 0.25) is 0 Å². The van der Waals surface area contributed by atoms with Crippen LogP contribution in [0.3, 0.4) is 0 Å². The number of benzene rings is 1. The summed E-state index contributed by atoms with van der Waals surface area (Å²) in [5.41, 5.74) is 2.07. The Hall–Kier alpha value is -2.71. The monoisotopic (exact) mass is 371 g/mol. The van der Waals surface area contributed by atoms with Crippen molar-refractivity contribution in [3.8, 4) is 0 Å². The molecule has 8 heteroatoms. The van der Waals surface area contributed by atoms with E-state index >= 15 is 0 Å². The minimum absolute atomic E-state index is 0.00177. The molecule has 2 N–H and O–H groups in total. The molecule has 144 valence electrons. The molecule has 8 nitrogen and oxygen atoms in total. The molecule has 0 atom stereocenters. The molecule has 1 amide bonds. The number of aromatic nitrogens is 2. The number of ether oxygens (including phenoxy) is 1. The molecule has 0 unspecified atom stereocenters. The predicted octanol–water partition coefficient (Wildman–Crippen LogP) is 1.30. The Morgan fingerprint density at radius 3 is 2.78 bits per heavy atom. The van der Waals surface area contributed by atoms with Gasteiger partial charge < -0.3 is 25.0 Å². The van der Waals surface area contributed by atoms with Gasteiger partial charge in [-0.05, 0) is 24.6 Å². The summed E-state index contributed by atoms with van der Waals surface area (Å²) in [6, 6.07) is 9.25. The van der Waals surface area contributed by atoms with Crippen molar-refractivity contribution in [1.82, 2.24) is 9.97 Å². The number of nitrogens with zero attached hydrogens (tertiary/aromatic N) is 4. The summed E-state index contributed by atoms with van der Waals surface area (Å²) in [4.78, 5) is 25.6. The van der Waals surface area contributed by atoms with E-state index in [2.05, 4.69) is 15.3 Å². The van der Waals surface area contributed by atoms with Gasteiger partial charge in [0.1, 0.15) is 11.5 Å². The van der Waals surface area contributed by atoms with E-state index in [1.165, 1.54) is 0 Å². The van der Waals surface area contributed by atoms with Crippen molar-refractivity contribution in [3.63, 3.8) is 0 Å². The van der Waals surface area contributed by atoms with Crippen molar-refractivity contribution in [2.24, 2.45) is 0 Å². The Bertz CT molecular complexity index is 793. The topological polar surface area (TPSA) is 90.8 Å². The first kappa shape index (κ1) is 19.1. The van der Waals surface area contributed by atoms with E-state index in [9.17, 15) is 9.90 Å². The number of rotatable bonds is 6. The zero-order valence-electron chi connectivity index (χ0n) is 15.7. The second-order valence-corrected chi connectivity index (χ2v) is 6.48. The Balaban J connectivity index is 1.89. The van der Waals surface area contributed by atoms with Gasteiger partial charge in [-0.3, -0.25) is 4.79 Å². The summed E-state index contributed by atoms with van der Waals surface area (Å²) in [6.07, 6.45) is 0. The molecular weight excluding hydrogens is 346 g/mol. The molecule has 2 heterocycles. The average molecular weight is 371 g/mol. The lowest BCUT2D eigenvalue weighted by molar-refractivity contribution is 0.102. The van der Waals surface area contributed by atoms with Crippen LogP contribution in [0.5, 0.6) is 0 Å². The maximum Gasteiger partial charge on any atom is 0.274 e. The number of carbonyl (C=O) groups is 1. The second kappa shape index (κ2) is 8.79. The minimum atomic E-state index is -0.295. The fourth-order valence-corrected chi connectivity index (χ4v) is 2.82. The van der Waals surface area contributed by atoms with Crippen molar-refractivity contribution in [2.45, 2.75) is 6.92 Å². The van der Waals surface area contributed by atoms with Crippen LogP contribution in [0.4, 0.5) is 17.5 Å². The molecule has 3 rings (SSSR count). The van der Waals surface area contributed by atoms with E-state index in [4.69, 9.17) is 4.74 Å². The van der Waals surface area contributed by atoms with Crippen LogP contribution in [-0.4, -0.2) is 67.5 Å².